The van der Waals surface area contributed by atoms with E-state index in [0.717, 1.165) is 16.5 Å². The van der Waals surface area contributed by atoms with Crippen LogP contribution in [-0.4, -0.2) is 4.98 Å². The first-order valence-corrected chi connectivity index (χ1v) is 5.11. The number of hydrogen-bond acceptors (Lipinski definition) is 1. The van der Waals surface area contributed by atoms with Gasteiger partial charge >= 0.3 is 0 Å². The third-order valence-electron chi connectivity index (χ3n) is 2.56. The number of nitrogens with one attached hydrogen (secondary N) is 1. The van der Waals surface area contributed by atoms with E-state index in [-0.39, 0.29) is 11.0 Å². The fourth-order valence-corrected chi connectivity index (χ4v) is 1.83. The van der Waals surface area contributed by atoms with E-state index < -0.39 is 0 Å². The average molecular weight is 201 g/mol. The minimum atomic E-state index is -0.0291. The summed E-state index contributed by atoms with van der Waals surface area (Å²) in [4.78, 5) is 14.3. The molecule has 0 atom stereocenters. The maximum absolute atomic E-state index is 11.5. The van der Waals surface area contributed by atoms with Gasteiger partial charge in [0.25, 0.3) is 0 Å². The lowest BCUT2D eigenvalue weighted by atomic mass is 9.85. The molecule has 0 unspecified atom stereocenters. The molecule has 0 spiro atoms. The second-order valence-electron chi connectivity index (χ2n) is 4.84. The van der Waals surface area contributed by atoms with Crippen molar-refractivity contribution < 1.29 is 0 Å². The summed E-state index contributed by atoms with van der Waals surface area (Å²) in [5.74, 6) is 0. The summed E-state index contributed by atoms with van der Waals surface area (Å²) in [5.41, 5.74) is 1.98. The number of hydrogen-bond donors (Lipinski definition) is 1. The van der Waals surface area contributed by atoms with Gasteiger partial charge in [0.15, 0.2) is 0 Å². The molecule has 0 aliphatic carbocycles. The van der Waals surface area contributed by atoms with E-state index in [2.05, 4.69) is 25.8 Å². The van der Waals surface area contributed by atoms with E-state index in [1.54, 1.807) is 6.07 Å². The van der Waals surface area contributed by atoms with Crippen molar-refractivity contribution >= 4 is 10.9 Å². The molecule has 1 aromatic carbocycles. The smallest absolute Gasteiger partial charge is 0.248 e. The van der Waals surface area contributed by atoms with E-state index in [0.29, 0.717) is 0 Å². The van der Waals surface area contributed by atoms with Gasteiger partial charge in [-0.2, -0.15) is 0 Å². The zero-order valence-electron chi connectivity index (χ0n) is 9.29. The van der Waals surface area contributed by atoms with Crippen molar-refractivity contribution in [1.82, 2.24) is 4.98 Å². The molecule has 0 fully saturated rings. The SMILES string of the molecule is CC(C)(C)c1cc(=O)[nH]c2ccccc12. The van der Waals surface area contributed by atoms with Gasteiger partial charge < -0.3 is 4.98 Å². The molecule has 2 rings (SSSR count). The Morgan fingerprint density at radius 2 is 1.80 bits per heavy atom. The lowest BCUT2D eigenvalue weighted by molar-refractivity contribution is 0.594. The van der Waals surface area contributed by atoms with Crippen molar-refractivity contribution in [2.75, 3.05) is 0 Å². The van der Waals surface area contributed by atoms with Gasteiger partial charge in [-0.3, -0.25) is 4.79 Å². The number of para-hydroxylation sites is 1. The van der Waals surface area contributed by atoms with Crippen molar-refractivity contribution in [2.45, 2.75) is 26.2 Å². The van der Waals surface area contributed by atoms with Crippen molar-refractivity contribution in [1.29, 1.82) is 0 Å². The summed E-state index contributed by atoms with van der Waals surface area (Å²) in [5, 5.41) is 1.13. The molecule has 1 N–H and O–H groups in total. The molecule has 1 heterocycles. The summed E-state index contributed by atoms with van der Waals surface area (Å²) >= 11 is 0. The van der Waals surface area contributed by atoms with Crippen molar-refractivity contribution in [3.05, 3.63) is 46.2 Å². The Kier molecular flexibility index (Phi) is 2.14. The molecule has 0 amide bonds. The van der Waals surface area contributed by atoms with Gasteiger partial charge in [0, 0.05) is 17.0 Å². The molecular formula is C13H15NO. The summed E-state index contributed by atoms with van der Waals surface area (Å²) in [6, 6.07) is 9.61. The van der Waals surface area contributed by atoms with Gasteiger partial charge in [-0.15, -0.1) is 0 Å². The highest BCUT2D eigenvalue weighted by atomic mass is 16.1. The fraction of sp³-hybridized carbons (Fsp3) is 0.308. The largest absolute Gasteiger partial charge is 0.322 e. The summed E-state index contributed by atoms with van der Waals surface area (Å²) < 4.78 is 0. The molecular weight excluding hydrogens is 186 g/mol. The van der Waals surface area contributed by atoms with Gasteiger partial charge in [-0.05, 0) is 17.0 Å². The molecule has 0 aliphatic rings. The van der Waals surface area contributed by atoms with Crippen LogP contribution in [0.3, 0.4) is 0 Å². The highest BCUT2D eigenvalue weighted by molar-refractivity contribution is 5.82. The maximum atomic E-state index is 11.5. The Balaban J connectivity index is 2.89. The minimum Gasteiger partial charge on any atom is -0.322 e. The molecule has 0 radical (unpaired) electrons. The van der Waals surface area contributed by atoms with Crippen LogP contribution in [0.25, 0.3) is 10.9 Å². The monoisotopic (exact) mass is 201 g/mol. The van der Waals surface area contributed by atoms with E-state index in [1.165, 1.54) is 0 Å². The van der Waals surface area contributed by atoms with Gasteiger partial charge in [0.1, 0.15) is 0 Å². The van der Waals surface area contributed by atoms with Crippen molar-refractivity contribution in [2.24, 2.45) is 0 Å². The predicted molar refractivity (Wildman–Crippen MR) is 63.3 cm³/mol. The fourth-order valence-electron chi connectivity index (χ4n) is 1.83. The third kappa shape index (κ3) is 1.80. The van der Waals surface area contributed by atoms with Crippen LogP contribution in [0.4, 0.5) is 0 Å². The van der Waals surface area contributed by atoms with Crippen molar-refractivity contribution in [3.8, 4) is 0 Å². The topological polar surface area (TPSA) is 32.9 Å². The summed E-state index contributed by atoms with van der Waals surface area (Å²) in [7, 11) is 0. The van der Waals surface area contributed by atoms with E-state index in [4.69, 9.17) is 0 Å². The normalized spacial score (nSPS) is 11.9. The Morgan fingerprint density at radius 1 is 1.13 bits per heavy atom. The number of aromatic nitrogens is 1. The van der Waals surface area contributed by atoms with Crippen LogP contribution < -0.4 is 5.56 Å². The first-order valence-electron chi connectivity index (χ1n) is 5.11. The highest BCUT2D eigenvalue weighted by Crippen LogP contribution is 2.27. The minimum absolute atomic E-state index is 0.00609. The summed E-state index contributed by atoms with van der Waals surface area (Å²) in [6.07, 6.45) is 0. The lowest BCUT2D eigenvalue weighted by Gasteiger charge is -2.20. The van der Waals surface area contributed by atoms with Gasteiger partial charge in [-0.25, -0.2) is 0 Å². The van der Waals surface area contributed by atoms with E-state index in [1.807, 2.05) is 24.3 Å². The summed E-state index contributed by atoms with van der Waals surface area (Å²) in [6.45, 7) is 6.36. The first kappa shape index (κ1) is 9.97. The number of H-pyrrole nitrogens is 1. The average Bonchev–Trinajstić information content (AvgIpc) is 2.15. The highest BCUT2D eigenvalue weighted by Gasteiger charge is 2.17. The van der Waals surface area contributed by atoms with Crippen LogP contribution in [0.5, 0.6) is 0 Å². The number of benzene rings is 1. The number of pyridine rings is 1. The van der Waals surface area contributed by atoms with Crippen LogP contribution in [0.2, 0.25) is 0 Å². The molecule has 2 aromatic rings. The van der Waals surface area contributed by atoms with Crippen LogP contribution in [0.1, 0.15) is 26.3 Å². The van der Waals surface area contributed by atoms with Crippen molar-refractivity contribution in [3.63, 3.8) is 0 Å². The lowest BCUT2D eigenvalue weighted by Crippen LogP contribution is -2.17. The number of rotatable bonds is 0. The second-order valence-corrected chi connectivity index (χ2v) is 4.84. The van der Waals surface area contributed by atoms with Crippen LogP contribution >= 0.6 is 0 Å². The number of fused-ring (bicyclic) bond motifs is 1. The van der Waals surface area contributed by atoms with E-state index >= 15 is 0 Å². The molecule has 2 nitrogen and oxygen atoms in total. The second kappa shape index (κ2) is 3.23. The van der Waals surface area contributed by atoms with E-state index in [9.17, 15) is 4.79 Å². The Labute approximate surface area is 89.0 Å². The Morgan fingerprint density at radius 3 is 2.47 bits per heavy atom. The molecule has 2 heteroatoms. The zero-order chi connectivity index (χ0) is 11.1. The standard InChI is InChI=1S/C13H15NO/c1-13(2,3)10-8-12(15)14-11-7-5-4-6-9(10)11/h4-8H,1-3H3,(H,14,15). The molecule has 0 saturated carbocycles. The zero-order valence-corrected chi connectivity index (χ0v) is 9.29. The molecule has 0 bridgehead atoms. The van der Waals surface area contributed by atoms with Crippen LogP contribution in [-0.2, 0) is 5.41 Å². The van der Waals surface area contributed by atoms with Crippen LogP contribution in [0.15, 0.2) is 35.1 Å². The molecule has 0 saturated heterocycles. The molecule has 0 aliphatic heterocycles. The molecule has 1 aromatic heterocycles. The maximum Gasteiger partial charge on any atom is 0.248 e. The quantitative estimate of drug-likeness (QED) is 0.698. The number of aromatic amines is 1. The Bertz CT molecular complexity index is 546. The van der Waals surface area contributed by atoms with Crippen LogP contribution in [0, 0.1) is 0 Å². The third-order valence-corrected chi connectivity index (χ3v) is 2.56. The Hall–Kier alpha value is -1.57. The van der Waals surface area contributed by atoms with Gasteiger partial charge in [0.2, 0.25) is 5.56 Å². The molecule has 78 valence electrons. The first-order chi connectivity index (χ1) is 6.98. The molecule has 15 heavy (non-hydrogen) atoms. The van der Waals surface area contributed by atoms with Gasteiger partial charge in [0.05, 0.1) is 0 Å². The van der Waals surface area contributed by atoms with Gasteiger partial charge in [-0.1, -0.05) is 39.0 Å². The predicted octanol–water partition coefficient (Wildman–Crippen LogP) is 2.83.